The highest BCUT2D eigenvalue weighted by Gasteiger charge is 2.13. The van der Waals surface area contributed by atoms with Crippen molar-refractivity contribution in [3.8, 4) is 0 Å². The summed E-state index contributed by atoms with van der Waals surface area (Å²) in [6, 6.07) is 5.27. The van der Waals surface area contributed by atoms with Crippen LogP contribution in [-0.2, 0) is 6.42 Å². The van der Waals surface area contributed by atoms with Crippen LogP contribution in [-0.4, -0.2) is 5.78 Å². The van der Waals surface area contributed by atoms with Gasteiger partial charge in [0.2, 0.25) is 0 Å². The van der Waals surface area contributed by atoms with Gasteiger partial charge in [-0.15, -0.1) is 11.3 Å². The second-order valence-corrected chi connectivity index (χ2v) is 4.49. The van der Waals surface area contributed by atoms with E-state index >= 15 is 0 Å². The lowest BCUT2D eigenvalue weighted by molar-refractivity contribution is 0.0995. The molecule has 2 nitrogen and oxygen atoms in total. The molecule has 1 heterocycles. The first-order valence-electron chi connectivity index (χ1n) is 4.88. The highest BCUT2D eigenvalue weighted by atomic mass is 32.1. The second kappa shape index (κ2) is 4.63. The smallest absolute Gasteiger partial charge is 0.177 e. The van der Waals surface area contributed by atoms with E-state index in [-0.39, 0.29) is 23.5 Å². The Bertz CT molecular complexity index is 552. The van der Waals surface area contributed by atoms with Gasteiger partial charge in [0.25, 0.3) is 0 Å². The highest BCUT2D eigenvalue weighted by molar-refractivity contribution is 7.12. The minimum Gasteiger partial charge on any atom is -0.396 e. The molecule has 0 amide bonds. The SMILES string of the molecule is Nc1cc(CC(=O)c2cccs2)c(F)cc1F. The fourth-order valence-corrected chi connectivity index (χ4v) is 2.11. The third kappa shape index (κ3) is 2.50. The summed E-state index contributed by atoms with van der Waals surface area (Å²) in [7, 11) is 0. The molecule has 2 N–H and O–H groups in total. The van der Waals surface area contributed by atoms with E-state index in [0.717, 1.165) is 6.07 Å². The molecule has 0 saturated heterocycles. The summed E-state index contributed by atoms with van der Waals surface area (Å²) < 4.78 is 26.3. The van der Waals surface area contributed by atoms with E-state index < -0.39 is 11.6 Å². The van der Waals surface area contributed by atoms with Gasteiger partial charge in [-0.25, -0.2) is 8.78 Å². The van der Waals surface area contributed by atoms with E-state index in [9.17, 15) is 13.6 Å². The van der Waals surface area contributed by atoms with Crippen molar-refractivity contribution in [3.05, 3.63) is 51.7 Å². The Kier molecular flexibility index (Phi) is 3.19. The zero-order valence-electron chi connectivity index (χ0n) is 8.74. The lowest BCUT2D eigenvalue weighted by Gasteiger charge is -2.04. The number of ketones is 1. The van der Waals surface area contributed by atoms with Gasteiger partial charge in [0.05, 0.1) is 10.6 Å². The predicted molar refractivity (Wildman–Crippen MR) is 63.1 cm³/mol. The lowest BCUT2D eigenvalue weighted by atomic mass is 10.1. The second-order valence-electron chi connectivity index (χ2n) is 3.54. The van der Waals surface area contributed by atoms with Gasteiger partial charge in [-0.05, 0) is 23.1 Å². The molecule has 0 aliphatic rings. The average Bonchev–Trinajstić information content (AvgIpc) is 2.79. The fourth-order valence-electron chi connectivity index (χ4n) is 1.45. The standard InChI is InChI=1S/C12H9F2NOS/c13-8-6-9(14)10(15)4-7(8)5-11(16)12-2-1-3-17-12/h1-4,6H,5,15H2. The Morgan fingerprint density at radius 1 is 1.29 bits per heavy atom. The summed E-state index contributed by atoms with van der Waals surface area (Å²) in [4.78, 5) is 12.3. The van der Waals surface area contributed by atoms with Gasteiger partial charge in [-0.2, -0.15) is 0 Å². The van der Waals surface area contributed by atoms with Crippen molar-refractivity contribution in [2.75, 3.05) is 5.73 Å². The molecule has 0 atom stereocenters. The highest BCUT2D eigenvalue weighted by Crippen LogP contribution is 2.19. The normalized spacial score (nSPS) is 10.5. The minimum absolute atomic E-state index is 0.113. The molecule has 0 bridgehead atoms. The molecule has 2 rings (SSSR count). The van der Waals surface area contributed by atoms with Crippen molar-refractivity contribution >= 4 is 22.8 Å². The molecule has 0 fully saturated rings. The Morgan fingerprint density at radius 2 is 2.06 bits per heavy atom. The van der Waals surface area contributed by atoms with E-state index in [1.54, 1.807) is 17.5 Å². The topological polar surface area (TPSA) is 43.1 Å². The van der Waals surface area contributed by atoms with Crippen LogP contribution in [0, 0.1) is 11.6 Å². The van der Waals surface area contributed by atoms with E-state index in [2.05, 4.69) is 0 Å². The number of nitrogens with two attached hydrogens (primary N) is 1. The van der Waals surface area contributed by atoms with Crippen LogP contribution >= 0.6 is 11.3 Å². The van der Waals surface area contributed by atoms with E-state index in [1.807, 2.05) is 0 Å². The summed E-state index contributed by atoms with van der Waals surface area (Å²) in [5.41, 5.74) is 5.29. The molecular formula is C12H9F2NOS. The summed E-state index contributed by atoms with van der Waals surface area (Å²) in [6.45, 7) is 0. The van der Waals surface area contributed by atoms with Crippen molar-refractivity contribution in [3.63, 3.8) is 0 Å². The van der Waals surface area contributed by atoms with Gasteiger partial charge in [0.1, 0.15) is 11.6 Å². The van der Waals surface area contributed by atoms with E-state index in [0.29, 0.717) is 10.9 Å². The zero-order valence-corrected chi connectivity index (χ0v) is 9.56. The number of thiophene rings is 1. The maximum Gasteiger partial charge on any atom is 0.177 e. The number of nitrogen functional groups attached to an aromatic ring is 1. The fraction of sp³-hybridized carbons (Fsp3) is 0.0833. The maximum absolute atomic E-state index is 13.4. The number of benzene rings is 1. The zero-order chi connectivity index (χ0) is 12.4. The number of halogens is 2. The van der Waals surface area contributed by atoms with Crippen LogP contribution in [0.5, 0.6) is 0 Å². The van der Waals surface area contributed by atoms with Gasteiger partial charge >= 0.3 is 0 Å². The van der Waals surface area contributed by atoms with Crippen LogP contribution in [0.3, 0.4) is 0 Å². The number of hydrogen-bond donors (Lipinski definition) is 1. The molecule has 0 spiro atoms. The minimum atomic E-state index is -0.810. The average molecular weight is 253 g/mol. The Hall–Kier alpha value is -1.75. The van der Waals surface area contributed by atoms with Crippen LogP contribution in [0.4, 0.5) is 14.5 Å². The summed E-state index contributed by atoms with van der Waals surface area (Å²) in [6.07, 6.45) is -0.114. The number of Topliss-reactive ketones (excluding diaryl/α,β-unsaturated/α-hetero) is 1. The first-order valence-corrected chi connectivity index (χ1v) is 5.76. The van der Waals surface area contributed by atoms with Gasteiger partial charge < -0.3 is 5.73 Å². The first kappa shape index (κ1) is 11.7. The molecule has 17 heavy (non-hydrogen) atoms. The van der Waals surface area contributed by atoms with Crippen LogP contribution in [0.25, 0.3) is 0 Å². The third-order valence-electron chi connectivity index (χ3n) is 2.31. The first-order chi connectivity index (χ1) is 8.08. The quantitative estimate of drug-likeness (QED) is 0.675. The van der Waals surface area contributed by atoms with Crippen LogP contribution in [0.15, 0.2) is 29.6 Å². The molecule has 0 radical (unpaired) electrons. The molecule has 88 valence electrons. The lowest BCUT2D eigenvalue weighted by Crippen LogP contribution is -2.05. The van der Waals surface area contributed by atoms with E-state index in [4.69, 9.17) is 5.73 Å². The van der Waals surface area contributed by atoms with Crippen LogP contribution in [0.2, 0.25) is 0 Å². The van der Waals surface area contributed by atoms with Gasteiger partial charge in [0, 0.05) is 12.5 Å². The van der Waals surface area contributed by atoms with E-state index in [1.165, 1.54) is 11.3 Å². The number of carbonyl (C=O) groups is 1. The summed E-state index contributed by atoms with van der Waals surface area (Å²) in [5, 5.41) is 1.77. The number of anilines is 1. The van der Waals surface area contributed by atoms with Gasteiger partial charge in [-0.1, -0.05) is 6.07 Å². The predicted octanol–water partition coefficient (Wildman–Crippen LogP) is 3.03. The summed E-state index contributed by atoms with van der Waals surface area (Å²) >= 11 is 1.29. The van der Waals surface area contributed by atoms with Crippen molar-refractivity contribution in [2.24, 2.45) is 0 Å². The van der Waals surface area contributed by atoms with Crippen molar-refractivity contribution in [1.29, 1.82) is 0 Å². The molecule has 1 aromatic carbocycles. The third-order valence-corrected chi connectivity index (χ3v) is 3.22. The largest absolute Gasteiger partial charge is 0.396 e. The molecular weight excluding hydrogens is 244 g/mol. The summed E-state index contributed by atoms with van der Waals surface area (Å²) in [5.74, 6) is -1.76. The Balaban J connectivity index is 2.25. The molecule has 0 saturated carbocycles. The monoisotopic (exact) mass is 253 g/mol. The molecule has 5 heteroatoms. The van der Waals surface area contributed by atoms with Crippen molar-refractivity contribution < 1.29 is 13.6 Å². The molecule has 1 aromatic heterocycles. The molecule has 0 aliphatic carbocycles. The molecule has 0 unspecified atom stereocenters. The van der Waals surface area contributed by atoms with Crippen LogP contribution in [0.1, 0.15) is 15.2 Å². The Labute approximate surface area is 101 Å². The molecule has 2 aromatic rings. The number of rotatable bonds is 3. The van der Waals surface area contributed by atoms with Crippen LogP contribution < -0.4 is 5.73 Å². The number of carbonyl (C=O) groups excluding carboxylic acids is 1. The van der Waals surface area contributed by atoms with Crippen molar-refractivity contribution in [1.82, 2.24) is 0 Å². The molecule has 0 aliphatic heterocycles. The Morgan fingerprint density at radius 3 is 2.71 bits per heavy atom. The van der Waals surface area contributed by atoms with Gasteiger partial charge in [-0.3, -0.25) is 4.79 Å². The van der Waals surface area contributed by atoms with Crippen molar-refractivity contribution in [2.45, 2.75) is 6.42 Å². The number of hydrogen-bond acceptors (Lipinski definition) is 3. The maximum atomic E-state index is 13.4. The van der Waals surface area contributed by atoms with Gasteiger partial charge in [0.15, 0.2) is 5.78 Å².